The zero-order valence-corrected chi connectivity index (χ0v) is 9.04. The fourth-order valence-electron chi connectivity index (χ4n) is 1.31. The van der Waals surface area contributed by atoms with E-state index in [1.807, 2.05) is 6.07 Å². The van der Waals surface area contributed by atoms with E-state index in [1.54, 1.807) is 12.1 Å². The van der Waals surface area contributed by atoms with E-state index < -0.39 is 5.97 Å². The second-order valence-electron chi connectivity index (χ2n) is 3.39. The van der Waals surface area contributed by atoms with Crippen molar-refractivity contribution in [3.8, 4) is 0 Å². The summed E-state index contributed by atoms with van der Waals surface area (Å²) in [4.78, 5) is 11.0. The molecule has 1 aliphatic carbocycles. The third-order valence-electron chi connectivity index (χ3n) is 2.16. The van der Waals surface area contributed by atoms with Crippen LogP contribution in [0.1, 0.15) is 23.2 Å². The first kappa shape index (κ1) is 9.52. The van der Waals surface area contributed by atoms with Crippen molar-refractivity contribution in [3.63, 3.8) is 0 Å². The van der Waals surface area contributed by atoms with E-state index in [1.165, 1.54) is 0 Å². The number of hydrogen-bond donors (Lipinski definition) is 2. The molecule has 74 valence electrons. The van der Waals surface area contributed by atoms with Gasteiger partial charge >= 0.3 is 5.97 Å². The molecule has 0 atom stereocenters. The Hall–Kier alpha value is -1.03. The summed E-state index contributed by atoms with van der Waals surface area (Å²) < 4.78 is 0.621. The van der Waals surface area contributed by atoms with Gasteiger partial charge < -0.3 is 10.4 Å². The molecule has 0 amide bonds. The normalized spacial score (nSPS) is 15.2. The van der Waals surface area contributed by atoms with Gasteiger partial charge in [0.05, 0.1) is 11.3 Å². The van der Waals surface area contributed by atoms with E-state index in [4.69, 9.17) is 5.11 Å². The van der Waals surface area contributed by atoms with Gasteiger partial charge in [0.2, 0.25) is 0 Å². The van der Waals surface area contributed by atoms with Crippen LogP contribution in [0.25, 0.3) is 0 Å². The lowest BCUT2D eigenvalue weighted by atomic mass is 10.2. The molecule has 0 unspecified atom stereocenters. The standard InChI is InChI=1S/C10H10BrNO2/c11-7-2-1-3-8(9(7)10(13)14)12-6-4-5-6/h1-3,6,12H,4-5H2,(H,13,14). The Balaban J connectivity index is 2.35. The summed E-state index contributed by atoms with van der Waals surface area (Å²) in [5, 5.41) is 12.2. The molecule has 0 aromatic heterocycles. The van der Waals surface area contributed by atoms with Crippen molar-refractivity contribution in [2.75, 3.05) is 5.32 Å². The number of rotatable bonds is 3. The molecule has 0 heterocycles. The molecule has 1 aromatic carbocycles. The molecule has 0 spiro atoms. The van der Waals surface area contributed by atoms with Crippen LogP contribution in [0.3, 0.4) is 0 Å². The molecule has 1 aromatic rings. The molecular weight excluding hydrogens is 246 g/mol. The summed E-state index contributed by atoms with van der Waals surface area (Å²) in [6.45, 7) is 0. The molecule has 1 aliphatic rings. The van der Waals surface area contributed by atoms with Crippen molar-refractivity contribution in [2.24, 2.45) is 0 Å². The van der Waals surface area contributed by atoms with Crippen LogP contribution in [-0.2, 0) is 0 Å². The summed E-state index contributed by atoms with van der Waals surface area (Å²) in [6.07, 6.45) is 2.26. The van der Waals surface area contributed by atoms with Crippen molar-refractivity contribution in [2.45, 2.75) is 18.9 Å². The molecule has 2 N–H and O–H groups in total. The van der Waals surface area contributed by atoms with E-state index >= 15 is 0 Å². The van der Waals surface area contributed by atoms with Crippen molar-refractivity contribution < 1.29 is 9.90 Å². The first-order valence-electron chi connectivity index (χ1n) is 4.47. The SMILES string of the molecule is O=C(O)c1c(Br)cccc1NC1CC1. The highest BCUT2D eigenvalue weighted by Crippen LogP contribution is 2.30. The van der Waals surface area contributed by atoms with Crippen LogP contribution in [0.2, 0.25) is 0 Å². The molecule has 3 nitrogen and oxygen atoms in total. The Kier molecular flexibility index (Phi) is 2.46. The maximum atomic E-state index is 11.0. The lowest BCUT2D eigenvalue weighted by molar-refractivity contribution is 0.0697. The van der Waals surface area contributed by atoms with Crippen LogP contribution in [0.15, 0.2) is 22.7 Å². The number of aromatic carboxylic acids is 1. The van der Waals surface area contributed by atoms with Gasteiger partial charge in [0, 0.05) is 10.5 Å². The van der Waals surface area contributed by atoms with Gasteiger partial charge in [-0.05, 0) is 40.9 Å². The molecule has 0 bridgehead atoms. The van der Waals surface area contributed by atoms with E-state index in [0.717, 1.165) is 12.8 Å². The summed E-state index contributed by atoms with van der Waals surface area (Å²) >= 11 is 3.24. The van der Waals surface area contributed by atoms with Crippen LogP contribution in [0.5, 0.6) is 0 Å². The van der Waals surface area contributed by atoms with Crippen LogP contribution < -0.4 is 5.32 Å². The summed E-state index contributed by atoms with van der Waals surface area (Å²) in [5.41, 5.74) is 1.02. The zero-order valence-electron chi connectivity index (χ0n) is 7.46. The van der Waals surface area contributed by atoms with Crippen LogP contribution >= 0.6 is 15.9 Å². The number of anilines is 1. The molecule has 2 rings (SSSR count). The largest absolute Gasteiger partial charge is 0.478 e. The second-order valence-corrected chi connectivity index (χ2v) is 4.24. The summed E-state index contributed by atoms with van der Waals surface area (Å²) in [7, 11) is 0. The topological polar surface area (TPSA) is 49.3 Å². The molecule has 14 heavy (non-hydrogen) atoms. The molecule has 0 saturated heterocycles. The Morgan fingerprint density at radius 2 is 2.21 bits per heavy atom. The van der Waals surface area contributed by atoms with Crippen molar-refractivity contribution >= 4 is 27.6 Å². The monoisotopic (exact) mass is 255 g/mol. The zero-order chi connectivity index (χ0) is 10.1. The quantitative estimate of drug-likeness (QED) is 0.874. The highest BCUT2D eigenvalue weighted by atomic mass is 79.9. The maximum Gasteiger partial charge on any atom is 0.338 e. The molecule has 1 saturated carbocycles. The average molecular weight is 256 g/mol. The van der Waals surface area contributed by atoms with E-state index in [2.05, 4.69) is 21.2 Å². The van der Waals surface area contributed by atoms with E-state index in [0.29, 0.717) is 21.8 Å². The Bertz CT molecular complexity index is 374. The molecule has 0 aliphatic heterocycles. The Morgan fingerprint density at radius 1 is 1.50 bits per heavy atom. The number of carboxylic acids is 1. The highest BCUT2D eigenvalue weighted by Gasteiger charge is 2.23. The molecule has 4 heteroatoms. The number of halogens is 1. The fourth-order valence-corrected chi connectivity index (χ4v) is 1.85. The van der Waals surface area contributed by atoms with E-state index in [-0.39, 0.29) is 0 Å². The van der Waals surface area contributed by atoms with Crippen LogP contribution in [0, 0.1) is 0 Å². The van der Waals surface area contributed by atoms with E-state index in [9.17, 15) is 4.79 Å². The number of carbonyl (C=O) groups is 1. The lowest BCUT2D eigenvalue weighted by Gasteiger charge is -2.09. The average Bonchev–Trinajstić information content (AvgIpc) is 2.87. The van der Waals surface area contributed by atoms with Crippen molar-refractivity contribution in [1.29, 1.82) is 0 Å². The number of hydrogen-bond acceptors (Lipinski definition) is 2. The third kappa shape index (κ3) is 1.90. The van der Waals surface area contributed by atoms with Gasteiger partial charge in [-0.2, -0.15) is 0 Å². The van der Waals surface area contributed by atoms with Gasteiger partial charge in [-0.25, -0.2) is 4.79 Å². The lowest BCUT2D eigenvalue weighted by Crippen LogP contribution is -2.08. The number of carboxylic acid groups (broad SMARTS) is 1. The summed E-state index contributed by atoms with van der Waals surface area (Å²) in [6, 6.07) is 5.83. The van der Waals surface area contributed by atoms with Gasteiger partial charge in [-0.15, -0.1) is 0 Å². The second kappa shape index (κ2) is 3.61. The molecular formula is C10H10BrNO2. The minimum Gasteiger partial charge on any atom is -0.478 e. The van der Waals surface area contributed by atoms with Crippen LogP contribution in [0.4, 0.5) is 5.69 Å². The van der Waals surface area contributed by atoms with Gasteiger partial charge in [0.25, 0.3) is 0 Å². The highest BCUT2D eigenvalue weighted by molar-refractivity contribution is 9.10. The van der Waals surface area contributed by atoms with Gasteiger partial charge in [0.15, 0.2) is 0 Å². The predicted octanol–water partition coefficient (Wildman–Crippen LogP) is 2.72. The summed E-state index contributed by atoms with van der Waals surface area (Å²) in [5.74, 6) is -0.902. The minimum atomic E-state index is -0.902. The van der Waals surface area contributed by atoms with Crippen molar-refractivity contribution in [1.82, 2.24) is 0 Å². The fraction of sp³-hybridized carbons (Fsp3) is 0.300. The third-order valence-corrected chi connectivity index (χ3v) is 2.83. The molecule has 0 radical (unpaired) electrons. The van der Waals surface area contributed by atoms with Crippen LogP contribution in [-0.4, -0.2) is 17.1 Å². The first-order valence-corrected chi connectivity index (χ1v) is 5.26. The molecule has 1 fully saturated rings. The Labute approximate surface area is 90.3 Å². The predicted molar refractivity (Wildman–Crippen MR) is 57.7 cm³/mol. The van der Waals surface area contributed by atoms with Crippen molar-refractivity contribution in [3.05, 3.63) is 28.2 Å². The van der Waals surface area contributed by atoms with Gasteiger partial charge in [-0.1, -0.05) is 6.07 Å². The maximum absolute atomic E-state index is 11.0. The number of nitrogens with one attached hydrogen (secondary N) is 1. The Morgan fingerprint density at radius 3 is 2.79 bits per heavy atom. The van der Waals surface area contributed by atoms with Gasteiger partial charge in [-0.3, -0.25) is 0 Å². The van der Waals surface area contributed by atoms with Gasteiger partial charge in [0.1, 0.15) is 0 Å². The number of benzene rings is 1. The smallest absolute Gasteiger partial charge is 0.338 e. The minimum absolute atomic E-state index is 0.319. The first-order chi connectivity index (χ1) is 6.68.